The molecule has 1 rings (SSSR count). The van der Waals surface area contributed by atoms with Crippen LogP contribution in [0.4, 0.5) is 0 Å². The highest BCUT2D eigenvalue weighted by Crippen LogP contribution is 2.32. The summed E-state index contributed by atoms with van der Waals surface area (Å²) in [6.07, 6.45) is 1.56. The van der Waals surface area contributed by atoms with Gasteiger partial charge in [0.15, 0.2) is 0 Å². The van der Waals surface area contributed by atoms with Gasteiger partial charge in [0.2, 0.25) is 0 Å². The molecule has 2 nitrogen and oxygen atoms in total. The van der Waals surface area contributed by atoms with Gasteiger partial charge in [-0.25, -0.2) is 0 Å². The number of halogens is 2. The van der Waals surface area contributed by atoms with Gasteiger partial charge in [-0.3, -0.25) is 5.41 Å². The summed E-state index contributed by atoms with van der Waals surface area (Å²) in [6.45, 7) is 2.08. The molecule has 0 bridgehead atoms. The molecule has 16 heavy (non-hydrogen) atoms. The van der Waals surface area contributed by atoms with Gasteiger partial charge < -0.3 is 5.73 Å². The largest absolute Gasteiger partial charge is 0.388 e. The summed E-state index contributed by atoms with van der Waals surface area (Å²) in [7, 11) is 0. The zero-order chi connectivity index (χ0) is 12.1. The van der Waals surface area contributed by atoms with Crippen LogP contribution in [0.5, 0.6) is 0 Å². The first kappa shape index (κ1) is 13.7. The fourth-order valence-electron chi connectivity index (χ4n) is 1.26. The highest BCUT2D eigenvalue weighted by atomic mass is 35.5. The lowest BCUT2D eigenvalue weighted by molar-refractivity contribution is 0.849. The van der Waals surface area contributed by atoms with Gasteiger partial charge in [0.25, 0.3) is 0 Å². The Morgan fingerprint density at radius 1 is 1.44 bits per heavy atom. The van der Waals surface area contributed by atoms with Crippen LogP contribution < -0.4 is 5.73 Å². The molecule has 0 saturated carbocycles. The van der Waals surface area contributed by atoms with Crippen molar-refractivity contribution in [3.63, 3.8) is 0 Å². The fraction of sp³-hybridized carbons (Fsp3) is 0.364. The molecule has 1 aromatic rings. The quantitative estimate of drug-likeness (QED) is 0.481. The van der Waals surface area contributed by atoms with Crippen LogP contribution in [0.2, 0.25) is 10.0 Å². The molecular weight excluding hydrogens is 263 g/mol. The standard InChI is InChI=1S/C11H14Cl2N2S/c1-2-7(6-11(14)15)16-8-3-4-9(12)10(13)5-8/h3-5,7H,2,6H2,1H3,(H3,14,15). The molecule has 0 amide bonds. The Bertz CT molecular complexity index is 382. The summed E-state index contributed by atoms with van der Waals surface area (Å²) in [5.41, 5.74) is 5.40. The monoisotopic (exact) mass is 276 g/mol. The fourth-order valence-corrected chi connectivity index (χ4v) is 2.77. The van der Waals surface area contributed by atoms with Crippen LogP contribution in [0.25, 0.3) is 0 Å². The van der Waals surface area contributed by atoms with E-state index in [1.807, 2.05) is 12.1 Å². The van der Waals surface area contributed by atoms with E-state index in [1.54, 1.807) is 17.8 Å². The van der Waals surface area contributed by atoms with Crippen molar-refractivity contribution in [2.24, 2.45) is 5.73 Å². The van der Waals surface area contributed by atoms with E-state index in [0.29, 0.717) is 21.7 Å². The Morgan fingerprint density at radius 2 is 2.12 bits per heavy atom. The third kappa shape index (κ3) is 4.24. The van der Waals surface area contributed by atoms with Crippen molar-refractivity contribution in [2.75, 3.05) is 0 Å². The Morgan fingerprint density at radius 3 is 2.62 bits per heavy atom. The molecule has 1 atom stereocenters. The number of nitrogens with two attached hydrogens (primary N) is 1. The SMILES string of the molecule is CCC(CC(=N)N)Sc1ccc(Cl)c(Cl)c1. The van der Waals surface area contributed by atoms with Gasteiger partial charge in [0.1, 0.15) is 0 Å². The van der Waals surface area contributed by atoms with Crippen molar-refractivity contribution in [1.29, 1.82) is 5.41 Å². The van der Waals surface area contributed by atoms with Crippen LogP contribution in [0, 0.1) is 5.41 Å². The van der Waals surface area contributed by atoms with E-state index in [0.717, 1.165) is 11.3 Å². The molecule has 1 aromatic carbocycles. The minimum Gasteiger partial charge on any atom is -0.388 e. The average molecular weight is 277 g/mol. The van der Waals surface area contributed by atoms with Crippen LogP contribution in [0.3, 0.4) is 0 Å². The Kier molecular flexibility index (Phi) is 5.46. The lowest BCUT2D eigenvalue weighted by Gasteiger charge is -2.13. The van der Waals surface area contributed by atoms with Crippen molar-refractivity contribution in [1.82, 2.24) is 0 Å². The first-order valence-electron chi connectivity index (χ1n) is 4.97. The number of hydrogen-bond donors (Lipinski definition) is 2. The third-order valence-electron chi connectivity index (χ3n) is 2.10. The number of hydrogen-bond acceptors (Lipinski definition) is 2. The molecule has 0 aromatic heterocycles. The van der Waals surface area contributed by atoms with E-state index in [4.69, 9.17) is 34.3 Å². The van der Waals surface area contributed by atoms with Crippen LogP contribution in [0.15, 0.2) is 23.1 Å². The Labute approximate surface area is 110 Å². The van der Waals surface area contributed by atoms with Crippen LogP contribution >= 0.6 is 35.0 Å². The zero-order valence-electron chi connectivity index (χ0n) is 8.97. The molecule has 3 N–H and O–H groups in total. The number of amidine groups is 1. The van der Waals surface area contributed by atoms with Crippen LogP contribution in [-0.2, 0) is 0 Å². The smallest absolute Gasteiger partial charge is 0.0916 e. The lowest BCUT2D eigenvalue weighted by Crippen LogP contribution is -2.16. The highest BCUT2D eigenvalue weighted by Gasteiger charge is 2.10. The lowest BCUT2D eigenvalue weighted by atomic mass is 10.2. The molecule has 0 saturated heterocycles. The maximum atomic E-state index is 7.29. The van der Waals surface area contributed by atoms with E-state index in [9.17, 15) is 0 Å². The molecule has 1 unspecified atom stereocenters. The Hall–Kier alpha value is -0.380. The predicted molar refractivity (Wildman–Crippen MR) is 72.9 cm³/mol. The molecule has 0 aliphatic carbocycles. The molecule has 88 valence electrons. The third-order valence-corrected chi connectivity index (χ3v) is 4.20. The highest BCUT2D eigenvalue weighted by molar-refractivity contribution is 8.00. The molecule has 0 aliphatic rings. The maximum absolute atomic E-state index is 7.29. The van der Waals surface area contributed by atoms with Gasteiger partial charge in [-0.1, -0.05) is 30.1 Å². The summed E-state index contributed by atoms with van der Waals surface area (Å²) >= 11 is 13.5. The first-order chi connectivity index (χ1) is 7.52. The normalized spacial score (nSPS) is 12.4. The summed E-state index contributed by atoms with van der Waals surface area (Å²) < 4.78 is 0. The van der Waals surface area contributed by atoms with Gasteiger partial charge in [-0.15, -0.1) is 11.8 Å². The van der Waals surface area contributed by atoms with E-state index in [1.165, 1.54) is 0 Å². The number of thioether (sulfide) groups is 1. The van der Waals surface area contributed by atoms with E-state index >= 15 is 0 Å². The van der Waals surface area contributed by atoms with E-state index in [-0.39, 0.29) is 5.84 Å². The number of rotatable bonds is 5. The first-order valence-corrected chi connectivity index (χ1v) is 6.61. The summed E-state index contributed by atoms with van der Waals surface area (Å²) in [5, 5.41) is 8.72. The topological polar surface area (TPSA) is 49.9 Å². The van der Waals surface area contributed by atoms with Crippen LogP contribution in [0.1, 0.15) is 19.8 Å². The van der Waals surface area contributed by atoms with Crippen molar-refractivity contribution < 1.29 is 0 Å². The average Bonchev–Trinajstić information content (AvgIpc) is 2.22. The molecule has 0 radical (unpaired) electrons. The van der Waals surface area contributed by atoms with Gasteiger partial charge in [-0.2, -0.15) is 0 Å². The summed E-state index contributed by atoms with van der Waals surface area (Å²) in [5.74, 6) is 0.222. The molecule has 0 heterocycles. The zero-order valence-corrected chi connectivity index (χ0v) is 11.3. The molecule has 0 fully saturated rings. The summed E-state index contributed by atoms with van der Waals surface area (Å²) in [6, 6.07) is 5.56. The molecular formula is C11H14Cl2N2S. The van der Waals surface area contributed by atoms with Gasteiger partial charge >= 0.3 is 0 Å². The molecule has 5 heteroatoms. The van der Waals surface area contributed by atoms with Crippen molar-refractivity contribution in [3.05, 3.63) is 28.2 Å². The number of benzene rings is 1. The van der Waals surface area contributed by atoms with Gasteiger partial charge in [0.05, 0.1) is 15.9 Å². The minimum atomic E-state index is 0.222. The second-order valence-corrected chi connectivity index (χ2v) is 5.64. The van der Waals surface area contributed by atoms with Crippen molar-refractivity contribution in [3.8, 4) is 0 Å². The van der Waals surface area contributed by atoms with Crippen molar-refractivity contribution in [2.45, 2.75) is 29.9 Å². The minimum absolute atomic E-state index is 0.222. The maximum Gasteiger partial charge on any atom is 0.0916 e. The van der Waals surface area contributed by atoms with E-state index in [2.05, 4.69) is 6.92 Å². The Balaban J connectivity index is 2.70. The van der Waals surface area contributed by atoms with Gasteiger partial charge in [0, 0.05) is 16.6 Å². The summed E-state index contributed by atoms with van der Waals surface area (Å²) in [4.78, 5) is 1.06. The van der Waals surface area contributed by atoms with Crippen molar-refractivity contribution >= 4 is 40.8 Å². The molecule has 0 aliphatic heterocycles. The second kappa shape index (κ2) is 6.38. The predicted octanol–water partition coefficient (Wildman–Crippen LogP) is 4.19. The number of nitrogens with one attached hydrogen (secondary N) is 1. The van der Waals surface area contributed by atoms with Gasteiger partial charge in [-0.05, 0) is 24.6 Å². The van der Waals surface area contributed by atoms with E-state index < -0.39 is 0 Å². The van der Waals surface area contributed by atoms with Crippen LogP contribution in [-0.4, -0.2) is 11.1 Å². The second-order valence-electron chi connectivity index (χ2n) is 3.45. The molecule has 0 spiro atoms.